The van der Waals surface area contributed by atoms with E-state index in [9.17, 15) is 29.0 Å². The number of carbonyl (C=O) groups is 3. The van der Waals surface area contributed by atoms with Crippen LogP contribution in [0.2, 0.25) is 0 Å². The highest BCUT2D eigenvalue weighted by molar-refractivity contribution is 6.00. The molecular formula is C45H66FNO6. The predicted octanol–water partition coefficient (Wildman–Crippen LogP) is 9.06. The van der Waals surface area contributed by atoms with E-state index in [1.807, 2.05) is 13.8 Å². The third-order valence-electron chi connectivity index (χ3n) is 16.2. The fourth-order valence-corrected chi connectivity index (χ4v) is 13.5. The maximum Gasteiger partial charge on any atom is 0.306 e. The van der Waals surface area contributed by atoms with E-state index in [0.717, 1.165) is 62.5 Å². The molecule has 3 N–H and O–H groups in total. The first kappa shape index (κ1) is 40.1. The second-order valence-corrected chi connectivity index (χ2v) is 20.4. The van der Waals surface area contributed by atoms with Crippen molar-refractivity contribution >= 4 is 17.7 Å². The Bertz CT molecular complexity index is 1630. The zero-order chi connectivity index (χ0) is 38.9. The van der Waals surface area contributed by atoms with Gasteiger partial charge in [0.15, 0.2) is 5.78 Å². The number of aliphatic carboxylic acids is 1. The van der Waals surface area contributed by atoms with Gasteiger partial charge in [-0.2, -0.15) is 0 Å². The maximum absolute atomic E-state index is 14.0. The second kappa shape index (κ2) is 13.9. The second-order valence-electron chi connectivity index (χ2n) is 20.4. The monoisotopic (exact) mass is 735 g/mol. The summed E-state index contributed by atoms with van der Waals surface area (Å²) in [7, 11) is 0. The Kier molecular flexibility index (Phi) is 10.5. The van der Waals surface area contributed by atoms with Gasteiger partial charge < -0.3 is 20.3 Å². The number of aliphatic hydroxyl groups is 1. The molecule has 9 atom stereocenters. The number of benzene rings is 1. The number of carboxylic acids is 1. The average molecular weight is 736 g/mol. The molecule has 0 spiro atoms. The summed E-state index contributed by atoms with van der Waals surface area (Å²) in [6, 6.07) is 6.45. The Morgan fingerprint density at radius 3 is 2.25 bits per heavy atom. The number of ether oxygens (including phenoxy) is 1. The summed E-state index contributed by atoms with van der Waals surface area (Å²) in [4.78, 5) is 38.6. The smallest absolute Gasteiger partial charge is 0.306 e. The van der Waals surface area contributed by atoms with Gasteiger partial charge in [-0.1, -0.05) is 80.0 Å². The number of aliphatic hydroxyl groups excluding tert-OH is 1. The zero-order valence-corrected chi connectivity index (χ0v) is 33.9. The van der Waals surface area contributed by atoms with Gasteiger partial charge >= 0.3 is 11.9 Å². The summed E-state index contributed by atoms with van der Waals surface area (Å²) in [5, 5.41) is 24.9. The third-order valence-corrected chi connectivity index (χ3v) is 16.2. The van der Waals surface area contributed by atoms with Gasteiger partial charge in [-0.25, -0.2) is 4.39 Å². The third kappa shape index (κ3) is 6.63. The molecule has 8 heteroatoms. The number of carbonyl (C=O) groups excluding carboxylic acids is 2. The summed E-state index contributed by atoms with van der Waals surface area (Å²) in [6.07, 6.45) is 7.24. The minimum absolute atomic E-state index is 0.0298. The van der Waals surface area contributed by atoms with E-state index in [1.54, 1.807) is 12.1 Å². The molecule has 0 saturated heterocycles. The van der Waals surface area contributed by atoms with Crippen molar-refractivity contribution in [3.63, 3.8) is 0 Å². The van der Waals surface area contributed by atoms with E-state index in [-0.39, 0.29) is 70.0 Å². The van der Waals surface area contributed by atoms with Crippen LogP contribution in [-0.2, 0) is 25.7 Å². The lowest BCUT2D eigenvalue weighted by molar-refractivity contribution is -0.235. The van der Waals surface area contributed by atoms with Crippen LogP contribution in [0.15, 0.2) is 35.4 Å². The van der Waals surface area contributed by atoms with Crippen LogP contribution in [0.25, 0.3) is 0 Å². The molecule has 294 valence electrons. The van der Waals surface area contributed by atoms with Crippen molar-refractivity contribution in [2.24, 2.45) is 56.2 Å². The van der Waals surface area contributed by atoms with Gasteiger partial charge in [-0.05, 0) is 120 Å². The Balaban J connectivity index is 1.24. The Morgan fingerprint density at radius 1 is 0.925 bits per heavy atom. The molecule has 0 bridgehead atoms. The number of halogens is 1. The van der Waals surface area contributed by atoms with Crippen molar-refractivity contribution in [3.8, 4) is 0 Å². The molecular weight excluding hydrogens is 669 g/mol. The fraction of sp³-hybridized carbons (Fsp3) is 0.756. The number of fused-ring (bicyclic) bond motifs is 7. The number of rotatable bonds is 11. The number of ketones is 1. The number of carboxylic acid groups (broad SMARTS) is 1. The summed E-state index contributed by atoms with van der Waals surface area (Å²) in [5.74, 6) is -0.0846. The first-order valence-electron chi connectivity index (χ1n) is 20.4. The average Bonchev–Trinajstić information content (AvgIpc) is 3.36. The minimum Gasteiger partial charge on any atom is -0.481 e. The molecule has 0 heterocycles. The van der Waals surface area contributed by atoms with Crippen LogP contribution < -0.4 is 5.32 Å². The molecule has 1 aromatic carbocycles. The number of hydrogen-bond acceptors (Lipinski definition) is 6. The molecule has 5 aliphatic rings. The van der Waals surface area contributed by atoms with Gasteiger partial charge in [-0.15, -0.1) is 0 Å². The highest BCUT2D eigenvalue weighted by atomic mass is 19.1. The van der Waals surface area contributed by atoms with Crippen molar-refractivity contribution in [1.82, 2.24) is 5.32 Å². The van der Waals surface area contributed by atoms with Crippen LogP contribution in [0.3, 0.4) is 0 Å². The van der Waals surface area contributed by atoms with E-state index in [1.165, 1.54) is 17.7 Å². The highest BCUT2D eigenvalue weighted by Gasteiger charge is 2.70. The van der Waals surface area contributed by atoms with Crippen LogP contribution in [0, 0.1) is 62.0 Å². The first-order valence-corrected chi connectivity index (χ1v) is 20.4. The van der Waals surface area contributed by atoms with E-state index in [2.05, 4.69) is 53.8 Å². The molecule has 7 nitrogen and oxygen atoms in total. The van der Waals surface area contributed by atoms with Crippen LogP contribution in [-0.4, -0.2) is 46.7 Å². The number of hydrogen-bond donors (Lipinski definition) is 3. The topological polar surface area (TPSA) is 113 Å². The number of allylic oxidation sites excluding steroid dienone is 1. The number of esters is 1. The van der Waals surface area contributed by atoms with Crippen molar-refractivity contribution in [2.75, 3.05) is 6.54 Å². The lowest BCUT2D eigenvalue weighted by Gasteiger charge is -2.72. The number of Topliss-reactive ketones (excluding diaryl/α,β-unsaturated/α-hetero) is 1. The lowest BCUT2D eigenvalue weighted by Crippen LogP contribution is -2.66. The van der Waals surface area contributed by atoms with Gasteiger partial charge in [0.2, 0.25) is 0 Å². The van der Waals surface area contributed by atoms with Crippen molar-refractivity contribution < 1.29 is 33.7 Å². The standard InChI is InChI=1S/C45H66FNO6/c1-27(2)38-31(48)22-45(34(49)26-47-25-28-10-12-29(46)13-11-28)21-20-43(8)30(39(38)45)14-15-33-42(7)18-17-35(41(5,6)32(42)16-19-44(33,43)9)53-37(52)24-40(3,4)23-36(50)51/h10-13,27,30,32-35,47,49H,14-26H2,1-9H3,(H,50,51)/t30-,32+,33-,34+,35+,42+,43-,44-,45+/m1/s1. The van der Waals surface area contributed by atoms with Crippen molar-refractivity contribution in [2.45, 2.75) is 152 Å². The Hall–Kier alpha value is -2.58. The molecule has 0 amide bonds. The molecule has 0 radical (unpaired) electrons. The SMILES string of the molecule is CC(C)C1=C2[C@H]3CC[C@@H]4[C@@]5(C)CC[C@H](OC(=O)CC(C)(C)CC(=O)O)C(C)(C)[C@@H]5CC[C@@]4(C)[C@]3(C)CC[C@@]2([C@@H](O)CNCc2ccc(F)cc2)CC1=O. The van der Waals surface area contributed by atoms with E-state index in [0.29, 0.717) is 31.3 Å². The molecule has 0 aliphatic heterocycles. The summed E-state index contributed by atoms with van der Waals surface area (Å²) in [6.45, 7) is 21.0. The van der Waals surface area contributed by atoms with E-state index < -0.39 is 22.9 Å². The fourth-order valence-electron chi connectivity index (χ4n) is 13.5. The van der Waals surface area contributed by atoms with Crippen LogP contribution in [0.4, 0.5) is 4.39 Å². The molecule has 6 rings (SSSR count). The zero-order valence-electron chi connectivity index (χ0n) is 33.9. The molecule has 5 aliphatic carbocycles. The van der Waals surface area contributed by atoms with Crippen molar-refractivity contribution in [1.29, 1.82) is 0 Å². The Labute approximate surface area is 317 Å². The predicted molar refractivity (Wildman–Crippen MR) is 204 cm³/mol. The normalized spacial score (nSPS) is 37.0. The lowest BCUT2D eigenvalue weighted by atomic mass is 9.33. The molecule has 0 aromatic heterocycles. The molecule has 4 fully saturated rings. The molecule has 4 saturated carbocycles. The van der Waals surface area contributed by atoms with E-state index in [4.69, 9.17) is 4.74 Å². The van der Waals surface area contributed by atoms with Gasteiger partial charge in [0.25, 0.3) is 0 Å². The van der Waals surface area contributed by atoms with Crippen LogP contribution in [0.5, 0.6) is 0 Å². The Morgan fingerprint density at radius 2 is 1.60 bits per heavy atom. The largest absolute Gasteiger partial charge is 0.481 e. The quantitative estimate of drug-likeness (QED) is 0.195. The highest BCUT2D eigenvalue weighted by Crippen LogP contribution is 2.77. The molecule has 0 unspecified atom stereocenters. The van der Waals surface area contributed by atoms with Gasteiger partial charge in [0.05, 0.1) is 18.9 Å². The molecule has 1 aromatic rings. The molecule has 53 heavy (non-hydrogen) atoms. The van der Waals surface area contributed by atoms with Gasteiger partial charge in [0.1, 0.15) is 11.9 Å². The minimum atomic E-state index is -0.906. The summed E-state index contributed by atoms with van der Waals surface area (Å²) in [5.41, 5.74) is 1.80. The van der Waals surface area contributed by atoms with Crippen LogP contribution in [0.1, 0.15) is 139 Å². The summed E-state index contributed by atoms with van der Waals surface area (Å²) >= 11 is 0. The first-order chi connectivity index (χ1) is 24.6. The summed E-state index contributed by atoms with van der Waals surface area (Å²) < 4.78 is 19.8. The van der Waals surface area contributed by atoms with Gasteiger partial charge in [0, 0.05) is 30.3 Å². The number of nitrogens with one attached hydrogen (secondary N) is 1. The maximum atomic E-state index is 14.0. The van der Waals surface area contributed by atoms with Crippen LogP contribution >= 0.6 is 0 Å². The van der Waals surface area contributed by atoms with Gasteiger partial charge in [-0.3, -0.25) is 14.4 Å². The van der Waals surface area contributed by atoms with E-state index >= 15 is 0 Å². The van der Waals surface area contributed by atoms with Crippen molar-refractivity contribution in [3.05, 3.63) is 46.8 Å².